The van der Waals surface area contributed by atoms with Gasteiger partial charge in [-0.3, -0.25) is 9.59 Å². The number of nitrogens with one attached hydrogen (secondary N) is 4. The molecule has 0 saturated carbocycles. The number of aromatic amines is 2. The average molecular weight is 747 g/mol. The Balaban J connectivity index is 1.02. The van der Waals surface area contributed by atoms with E-state index in [-0.39, 0.29) is 23.9 Å². The maximum absolute atomic E-state index is 13.3. The number of furan rings is 2. The van der Waals surface area contributed by atoms with E-state index in [9.17, 15) is 19.2 Å². The third-order valence-electron chi connectivity index (χ3n) is 10.8. The standard InChI is InChI=1S/C40H42N8O7/c1-21(43-39(51)53-3)37(49)47-17-5-7-29(47)35-41-19-27(45-35)24-11-9-23(10-12-24)25-13-14-26(34-32-16-15-31(55-32)33(25)34)28-20-42-36(46-28)30-8-6-18-48(30)38(50)22(2)44-40(52)54-4/h9-16,19-22,29-30H,5-8,17-18H2,1-4H3,(H,41,45)(H,42,46)(H,43,51)(H,44,52)/t21-,22+,29?,30?/m1/s1. The molecule has 2 aliphatic heterocycles. The highest BCUT2D eigenvalue weighted by atomic mass is 16.5. The number of nitrogens with zero attached hydrogens (tertiary/aromatic N) is 4. The summed E-state index contributed by atoms with van der Waals surface area (Å²) in [5.41, 5.74) is 7.15. The molecule has 15 nitrogen and oxygen atoms in total. The second-order valence-electron chi connectivity index (χ2n) is 14.1. The molecule has 4 aromatic heterocycles. The van der Waals surface area contributed by atoms with Gasteiger partial charge in [-0.1, -0.05) is 36.4 Å². The maximum atomic E-state index is 13.3. The smallest absolute Gasteiger partial charge is 0.407 e. The molecule has 6 heterocycles. The highest BCUT2D eigenvalue weighted by molar-refractivity contribution is 6.19. The van der Waals surface area contributed by atoms with Gasteiger partial charge in [0.2, 0.25) is 11.8 Å². The Hall–Kier alpha value is -6.38. The molecule has 8 rings (SSSR count). The number of aromatic nitrogens is 4. The molecule has 15 heteroatoms. The van der Waals surface area contributed by atoms with Crippen molar-refractivity contribution in [3.05, 3.63) is 72.6 Å². The topological polar surface area (TPSA) is 188 Å². The Kier molecular flexibility index (Phi) is 9.37. The summed E-state index contributed by atoms with van der Waals surface area (Å²) in [5, 5.41) is 7.12. The molecular weight excluding hydrogens is 704 g/mol. The third kappa shape index (κ3) is 6.49. The molecule has 4 amide bonds. The van der Waals surface area contributed by atoms with E-state index in [1.165, 1.54) is 14.2 Å². The minimum Gasteiger partial charge on any atom is -0.456 e. The molecule has 0 aliphatic carbocycles. The molecule has 2 aliphatic rings. The minimum absolute atomic E-state index is 0.182. The van der Waals surface area contributed by atoms with E-state index in [4.69, 9.17) is 9.40 Å². The van der Waals surface area contributed by atoms with Crippen LogP contribution < -0.4 is 10.6 Å². The van der Waals surface area contributed by atoms with Crippen molar-refractivity contribution in [3.63, 3.8) is 0 Å². The van der Waals surface area contributed by atoms with E-state index < -0.39 is 24.3 Å². The van der Waals surface area contributed by atoms with E-state index in [0.29, 0.717) is 24.7 Å². The van der Waals surface area contributed by atoms with Crippen LogP contribution in [0, 0.1) is 0 Å². The highest BCUT2D eigenvalue weighted by Crippen LogP contribution is 2.44. The van der Waals surface area contributed by atoms with Crippen LogP contribution in [0.1, 0.15) is 63.3 Å². The van der Waals surface area contributed by atoms with Crippen molar-refractivity contribution in [3.8, 4) is 33.6 Å². The largest absolute Gasteiger partial charge is 0.456 e. The molecule has 2 bridgehead atoms. The van der Waals surface area contributed by atoms with Gasteiger partial charge in [0.15, 0.2) is 0 Å². The van der Waals surface area contributed by atoms with Gasteiger partial charge >= 0.3 is 12.2 Å². The number of carbonyl (C=O) groups is 4. The summed E-state index contributed by atoms with van der Waals surface area (Å²) in [5.74, 6) is 1.03. The zero-order chi connectivity index (χ0) is 38.4. The lowest BCUT2D eigenvalue weighted by Crippen LogP contribution is -2.46. The number of amides is 4. The quantitative estimate of drug-likeness (QED) is 0.132. The first-order chi connectivity index (χ1) is 26.6. The van der Waals surface area contributed by atoms with Gasteiger partial charge in [-0.25, -0.2) is 19.6 Å². The Morgan fingerprint density at radius 3 is 1.71 bits per heavy atom. The summed E-state index contributed by atoms with van der Waals surface area (Å²) in [6.07, 6.45) is 5.49. The molecule has 4 N–H and O–H groups in total. The molecule has 2 unspecified atom stereocenters. The van der Waals surface area contributed by atoms with Gasteiger partial charge in [0.1, 0.15) is 34.9 Å². The molecule has 0 spiro atoms. The number of hydrogen-bond donors (Lipinski definition) is 4. The SMILES string of the molecule is COC(=O)N[C@@H](C)C(=O)N1CCCC1c1ncc(-c2ccc(-c3ccc(-c4cnc(C5CCCN5C(=O)[C@@H](C)NC(=O)OC)[nH]4)cc3)c3c4ccc(o4)c23)[nH]1. The van der Waals surface area contributed by atoms with E-state index in [1.807, 2.05) is 24.3 Å². The highest BCUT2D eigenvalue weighted by Gasteiger charge is 2.36. The first kappa shape index (κ1) is 35.6. The predicted octanol–water partition coefficient (Wildman–Crippen LogP) is 6.29. The van der Waals surface area contributed by atoms with E-state index in [1.54, 1.807) is 36.0 Å². The molecule has 284 valence electrons. The normalized spacial score (nSPS) is 18.2. The summed E-state index contributed by atoms with van der Waals surface area (Å²) in [4.78, 5) is 69.7. The van der Waals surface area contributed by atoms with Crippen molar-refractivity contribution in [2.45, 2.75) is 63.7 Å². The van der Waals surface area contributed by atoms with Crippen LogP contribution in [0.2, 0.25) is 0 Å². The van der Waals surface area contributed by atoms with Crippen molar-refractivity contribution < 1.29 is 33.1 Å². The number of H-pyrrole nitrogens is 2. The van der Waals surface area contributed by atoms with Gasteiger partial charge in [0.25, 0.3) is 0 Å². The van der Waals surface area contributed by atoms with Crippen LogP contribution in [0.25, 0.3) is 55.6 Å². The number of likely N-dealkylation sites (tertiary alicyclic amines) is 2. The number of rotatable bonds is 9. The summed E-state index contributed by atoms with van der Waals surface area (Å²) < 4.78 is 15.6. The summed E-state index contributed by atoms with van der Waals surface area (Å²) in [7, 11) is 2.54. The first-order valence-corrected chi connectivity index (χ1v) is 18.4. The molecule has 6 aromatic rings. The van der Waals surface area contributed by atoms with Crippen LogP contribution in [-0.4, -0.2) is 93.1 Å². The lowest BCUT2D eigenvalue weighted by Gasteiger charge is -2.26. The molecule has 2 saturated heterocycles. The Labute approximate surface area is 316 Å². The number of hydrogen-bond acceptors (Lipinski definition) is 9. The van der Waals surface area contributed by atoms with Gasteiger partial charge < -0.3 is 44.3 Å². The fourth-order valence-electron chi connectivity index (χ4n) is 8.03. The molecule has 2 aromatic carbocycles. The molecule has 0 radical (unpaired) electrons. The number of methoxy groups -OCH3 is 2. The zero-order valence-electron chi connectivity index (χ0n) is 31.0. The third-order valence-corrected chi connectivity index (χ3v) is 10.8. The van der Waals surface area contributed by atoms with E-state index in [0.717, 1.165) is 81.3 Å². The average Bonchev–Trinajstić information content (AvgIpc) is 4.06. The van der Waals surface area contributed by atoms with E-state index >= 15 is 0 Å². The minimum atomic E-state index is -0.731. The van der Waals surface area contributed by atoms with Crippen molar-refractivity contribution in [1.82, 2.24) is 40.4 Å². The number of alkyl carbamates (subject to hydrolysis) is 2. The Morgan fingerprint density at radius 1 is 0.691 bits per heavy atom. The van der Waals surface area contributed by atoms with Crippen LogP contribution in [-0.2, 0) is 19.1 Å². The molecule has 55 heavy (non-hydrogen) atoms. The van der Waals surface area contributed by atoms with E-state index in [2.05, 4.69) is 59.3 Å². The summed E-state index contributed by atoms with van der Waals surface area (Å²) in [6, 6.07) is 14.5. The van der Waals surface area contributed by atoms with Gasteiger partial charge in [0.05, 0.1) is 50.1 Å². The van der Waals surface area contributed by atoms with Gasteiger partial charge in [-0.05, 0) is 68.4 Å². The molecule has 4 atom stereocenters. The zero-order valence-corrected chi connectivity index (χ0v) is 31.0. The predicted molar refractivity (Wildman–Crippen MR) is 203 cm³/mol. The number of ether oxygens (including phenoxy) is 2. The summed E-state index contributed by atoms with van der Waals surface area (Å²) in [6.45, 7) is 4.46. The van der Waals surface area contributed by atoms with Crippen LogP contribution in [0.4, 0.5) is 9.59 Å². The van der Waals surface area contributed by atoms with Crippen molar-refractivity contribution in [1.29, 1.82) is 0 Å². The fourth-order valence-corrected chi connectivity index (χ4v) is 8.03. The second kappa shape index (κ2) is 14.5. The van der Waals surface area contributed by atoms with Crippen LogP contribution in [0.5, 0.6) is 0 Å². The number of imidazole rings is 2. The lowest BCUT2D eigenvalue weighted by atomic mass is 9.93. The Morgan fingerprint density at radius 2 is 1.16 bits per heavy atom. The fraction of sp³-hybridized carbons (Fsp3) is 0.350. The van der Waals surface area contributed by atoms with Crippen LogP contribution in [0.3, 0.4) is 0 Å². The molecule has 2 fully saturated rings. The van der Waals surface area contributed by atoms with Gasteiger partial charge in [-0.2, -0.15) is 0 Å². The number of fused-ring (bicyclic) bond motifs is 5. The number of benzene rings is 3. The van der Waals surface area contributed by atoms with Gasteiger partial charge in [-0.15, -0.1) is 0 Å². The maximum Gasteiger partial charge on any atom is 0.407 e. The lowest BCUT2D eigenvalue weighted by molar-refractivity contribution is -0.134. The molecular formula is C40H42N8O7. The van der Waals surface area contributed by atoms with Crippen molar-refractivity contribution in [2.75, 3.05) is 27.3 Å². The van der Waals surface area contributed by atoms with Gasteiger partial charge in [0, 0.05) is 29.4 Å². The van der Waals surface area contributed by atoms with Crippen LogP contribution in [0.15, 0.2) is 65.3 Å². The van der Waals surface area contributed by atoms with Crippen LogP contribution >= 0.6 is 0 Å². The number of carbonyl (C=O) groups excluding carboxylic acids is 4. The van der Waals surface area contributed by atoms with Crippen molar-refractivity contribution in [2.24, 2.45) is 0 Å². The second-order valence-corrected chi connectivity index (χ2v) is 14.1. The van der Waals surface area contributed by atoms with Crippen molar-refractivity contribution >= 4 is 45.9 Å². The Bertz CT molecular complexity index is 2380. The first-order valence-electron chi connectivity index (χ1n) is 18.4. The monoisotopic (exact) mass is 746 g/mol. The summed E-state index contributed by atoms with van der Waals surface area (Å²) >= 11 is 0.